The van der Waals surface area contributed by atoms with Crippen LogP contribution in [0, 0.1) is 27.3 Å². The zero-order valence-electron chi connectivity index (χ0n) is 18.9. The van der Waals surface area contributed by atoms with Crippen molar-refractivity contribution < 1.29 is 18.8 Å². The van der Waals surface area contributed by atoms with Crippen LogP contribution in [0.3, 0.4) is 0 Å². The quantitative estimate of drug-likeness (QED) is 0.284. The van der Waals surface area contributed by atoms with Gasteiger partial charge in [0, 0.05) is 30.9 Å². The van der Waals surface area contributed by atoms with Crippen LogP contribution in [0.5, 0.6) is 0 Å². The lowest BCUT2D eigenvalue weighted by atomic mass is 10.1. The second-order valence-electron chi connectivity index (χ2n) is 8.10. The van der Waals surface area contributed by atoms with Gasteiger partial charge in [-0.3, -0.25) is 14.9 Å². The average molecular weight is 474 g/mol. The summed E-state index contributed by atoms with van der Waals surface area (Å²) in [7, 11) is 0. The molecule has 1 N–H and O–H groups in total. The normalized spacial score (nSPS) is 17.4. The third-order valence-electron chi connectivity index (χ3n) is 5.83. The van der Waals surface area contributed by atoms with Gasteiger partial charge in [-0.15, -0.1) is 0 Å². The monoisotopic (exact) mass is 474 g/mol. The van der Waals surface area contributed by atoms with E-state index >= 15 is 0 Å². The van der Waals surface area contributed by atoms with Crippen LogP contribution in [0.15, 0.2) is 77.0 Å². The number of benzene rings is 2. The summed E-state index contributed by atoms with van der Waals surface area (Å²) < 4.78 is 19.5. The molecule has 0 spiro atoms. The number of anilines is 1. The molecule has 1 aliphatic heterocycles. The van der Waals surface area contributed by atoms with Crippen molar-refractivity contribution in [2.75, 3.05) is 31.6 Å². The molecule has 1 aliphatic carbocycles. The maximum atomic E-state index is 14.0. The number of hydrogen-bond acceptors (Lipinski definition) is 6. The number of rotatable bonds is 6. The minimum Gasteiger partial charge on any atom is -0.378 e. The smallest absolute Gasteiger partial charge is 0.270 e. The number of halogens is 1. The van der Waals surface area contributed by atoms with Crippen LogP contribution in [0.1, 0.15) is 18.4 Å². The van der Waals surface area contributed by atoms with Gasteiger partial charge in [0.25, 0.3) is 11.6 Å². The summed E-state index contributed by atoms with van der Waals surface area (Å²) in [4.78, 5) is 25.6. The number of carbonyl (C=O) groups excluding carboxylic acids is 1. The predicted octanol–water partition coefficient (Wildman–Crippen LogP) is 4.59. The van der Waals surface area contributed by atoms with Crippen molar-refractivity contribution in [2.45, 2.75) is 12.8 Å². The fourth-order valence-corrected chi connectivity index (χ4v) is 4.19. The van der Waals surface area contributed by atoms with Crippen LogP contribution in [0.4, 0.5) is 15.8 Å². The van der Waals surface area contributed by atoms with Crippen molar-refractivity contribution in [3.63, 3.8) is 0 Å². The lowest BCUT2D eigenvalue weighted by Gasteiger charge is -2.31. The molecule has 4 rings (SSSR count). The Balaban J connectivity index is 1.70. The number of nitrogens with one attached hydrogen (secondary N) is 1. The first kappa shape index (κ1) is 23.9. The molecule has 9 heteroatoms. The van der Waals surface area contributed by atoms with Crippen molar-refractivity contribution in [1.82, 2.24) is 4.90 Å². The van der Waals surface area contributed by atoms with Crippen molar-refractivity contribution in [2.24, 2.45) is 0 Å². The van der Waals surface area contributed by atoms with Crippen LogP contribution >= 0.6 is 0 Å². The minimum absolute atomic E-state index is 0.00119. The molecular formula is C26H23FN4O4. The van der Waals surface area contributed by atoms with Gasteiger partial charge < -0.3 is 15.0 Å². The maximum Gasteiger partial charge on any atom is 0.270 e. The summed E-state index contributed by atoms with van der Waals surface area (Å²) in [6, 6.07) is 14.1. The number of para-hydroxylation sites is 1. The van der Waals surface area contributed by atoms with E-state index in [9.17, 15) is 24.6 Å². The van der Waals surface area contributed by atoms with Crippen molar-refractivity contribution >= 4 is 23.4 Å². The SMILES string of the molecule is N#C/C(=C\C1=C(N2CCOCC2)C(=C/c2cccc([N+](=O)[O-])c2)/CC1)C(=O)Nc1ccccc1F. The summed E-state index contributed by atoms with van der Waals surface area (Å²) in [6.07, 6.45) is 4.69. The Labute approximate surface area is 201 Å². The topological polar surface area (TPSA) is 108 Å². The number of hydrogen-bond donors (Lipinski definition) is 1. The number of non-ortho nitro benzene ring substituents is 1. The predicted molar refractivity (Wildman–Crippen MR) is 128 cm³/mol. The highest BCUT2D eigenvalue weighted by molar-refractivity contribution is 6.07. The van der Waals surface area contributed by atoms with Crippen LogP contribution in [-0.2, 0) is 9.53 Å². The van der Waals surface area contributed by atoms with Crippen LogP contribution in [0.2, 0.25) is 0 Å². The van der Waals surface area contributed by atoms with E-state index < -0.39 is 16.6 Å². The minimum atomic E-state index is -0.692. The molecule has 0 bridgehead atoms. The summed E-state index contributed by atoms with van der Waals surface area (Å²) in [5, 5.41) is 23.3. The number of nitro groups is 1. The lowest BCUT2D eigenvalue weighted by molar-refractivity contribution is -0.384. The first-order valence-corrected chi connectivity index (χ1v) is 11.1. The molecule has 35 heavy (non-hydrogen) atoms. The van der Waals surface area contributed by atoms with Gasteiger partial charge in [-0.25, -0.2) is 4.39 Å². The number of nitro benzene ring substituents is 1. The van der Waals surface area contributed by atoms with E-state index in [1.807, 2.05) is 12.1 Å². The Morgan fingerprint density at radius 1 is 1.17 bits per heavy atom. The Bertz CT molecular complexity index is 1290. The highest BCUT2D eigenvalue weighted by Crippen LogP contribution is 2.37. The van der Waals surface area contributed by atoms with Gasteiger partial charge in [-0.05, 0) is 53.8 Å². The fourth-order valence-electron chi connectivity index (χ4n) is 4.19. The van der Waals surface area contributed by atoms with Gasteiger partial charge in [0.05, 0.1) is 23.8 Å². The Morgan fingerprint density at radius 2 is 1.94 bits per heavy atom. The standard InChI is InChI=1S/C26H23FN4O4/c27-23-6-1-2-7-24(23)29-26(32)21(17-28)16-20-9-8-19(25(20)30-10-12-35-13-11-30)14-18-4-3-5-22(15-18)31(33)34/h1-7,14-16H,8-13H2,(H,29,32)/b19-14+,21-16+. The first-order valence-electron chi connectivity index (χ1n) is 11.1. The maximum absolute atomic E-state index is 14.0. The molecule has 2 aliphatic rings. The van der Waals surface area contributed by atoms with E-state index in [1.54, 1.807) is 24.3 Å². The van der Waals surface area contributed by atoms with Crippen molar-refractivity contribution in [3.8, 4) is 6.07 Å². The molecule has 1 heterocycles. The second kappa shape index (κ2) is 10.8. The number of ether oxygens (including phenoxy) is 1. The molecular weight excluding hydrogens is 451 g/mol. The Hall–Kier alpha value is -4.29. The molecule has 1 saturated heterocycles. The number of morpholine rings is 1. The fraction of sp³-hybridized carbons (Fsp3) is 0.231. The van der Waals surface area contributed by atoms with E-state index in [0.717, 1.165) is 16.8 Å². The summed E-state index contributed by atoms with van der Waals surface area (Å²) >= 11 is 0. The van der Waals surface area contributed by atoms with Gasteiger partial charge >= 0.3 is 0 Å². The molecule has 0 unspecified atom stereocenters. The Morgan fingerprint density at radius 3 is 2.66 bits per heavy atom. The zero-order chi connectivity index (χ0) is 24.8. The number of carbonyl (C=O) groups is 1. The second-order valence-corrected chi connectivity index (χ2v) is 8.10. The van der Waals surface area contributed by atoms with E-state index in [4.69, 9.17) is 4.74 Å². The molecule has 0 saturated carbocycles. The molecule has 178 valence electrons. The van der Waals surface area contributed by atoms with Crippen molar-refractivity contribution in [1.29, 1.82) is 5.26 Å². The molecule has 8 nitrogen and oxygen atoms in total. The summed E-state index contributed by atoms with van der Waals surface area (Å²) in [5.74, 6) is -1.28. The highest BCUT2D eigenvalue weighted by atomic mass is 19.1. The zero-order valence-corrected chi connectivity index (χ0v) is 18.9. The van der Waals surface area contributed by atoms with E-state index in [2.05, 4.69) is 10.2 Å². The van der Waals surface area contributed by atoms with Crippen LogP contribution < -0.4 is 5.32 Å². The summed E-state index contributed by atoms with van der Waals surface area (Å²) in [5.41, 5.74) is 3.23. The number of allylic oxidation sites excluding steroid dienone is 3. The lowest BCUT2D eigenvalue weighted by Crippen LogP contribution is -2.36. The number of nitriles is 1. The molecule has 0 radical (unpaired) electrons. The van der Waals surface area contributed by atoms with Gasteiger partial charge in [0.2, 0.25) is 0 Å². The van der Waals surface area contributed by atoms with Crippen LogP contribution in [0.25, 0.3) is 6.08 Å². The third kappa shape index (κ3) is 5.62. The van der Waals surface area contributed by atoms with E-state index in [0.29, 0.717) is 44.7 Å². The third-order valence-corrected chi connectivity index (χ3v) is 5.83. The van der Waals surface area contributed by atoms with Gasteiger partial charge in [-0.2, -0.15) is 5.26 Å². The molecule has 1 fully saturated rings. The molecule has 1 amide bonds. The Kier molecular flexibility index (Phi) is 7.33. The molecule has 2 aromatic carbocycles. The van der Waals surface area contributed by atoms with Gasteiger partial charge in [-0.1, -0.05) is 24.3 Å². The van der Waals surface area contributed by atoms with Gasteiger partial charge in [0.1, 0.15) is 17.5 Å². The van der Waals surface area contributed by atoms with Gasteiger partial charge in [0.15, 0.2) is 0 Å². The van der Waals surface area contributed by atoms with Crippen LogP contribution in [-0.4, -0.2) is 42.0 Å². The largest absolute Gasteiger partial charge is 0.378 e. The van der Waals surface area contributed by atoms with E-state index in [1.165, 1.54) is 30.3 Å². The number of amides is 1. The molecule has 0 atom stereocenters. The summed E-state index contributed by atoms with van der Waals surface area (Å²) in [6.45, 7) is 2.37. The molecule has 0 aromatic heterocycles. The van der Waals surface area contributed by atoms with E-state index in [-0.39, 0.29) is 16.9 Å². The highest BCUT2D eigenvalue weighted by Gasteiger charge is 2.26. The average Bonchev–Trinajstić information content (AvgIpc) is 3.26. The van der Waals surface area contributed by atoms with Crippen molar-refractivity contribution in [3.05, 3.63) is 98.5 Å². The number of nitrogens with zero attached hydrogens (tertiary/aromatic N) is 3. The first-order chi connectivity index (χ1) is 17.0. The molecule has 2 aromatic rings.